The van der Waals surface area contributed by atoms with Crippen molar-refractivity contribution in [2.75, 3.05) is 5.32 Å². The Balaban J connectivity index is 1.83. The normalized spacial score (nSPS) is 11.4. The maximum absolute atomic E-state index is 12.8. The number of nitrogens with zero attached hydrogens (tertiary/aromatic N) is 5. The van der Waals surface area contributed by atoms with Crippen molar-refractivity contribution in [2.24, 2.45) is 0 Å². The van der Waals surface area contributed by atoms with Crippen molar-refractivity contribution in [3.8, 4) is 11.3 Å². The van der Waals surface area contributed by atoms with Crippen LogP contribution in [0.1, 0.15) is 17.7 Å². The molecule has 28 heavy (non-hydrogen) atoms. The first-order valence-electron chi connectivity index (χ1n) is 8.12. The third-order valence-corrected chi connectivity index (χ3v) is 3.67. The molecule has 0 aliphatic rings. The summed E-state index contributed by atoms with van der Waals surface area (Å²) in [6.45, 7) is 1.99. The van der Waals surface area contributed by atoms with Gasteiger partial charge in [0.15, 0.2) is 0 Å². The third kappa shape index (κ3) is 4.81. The number of benzene rings is 1. The van der Waals surface area contributed by atoms with Crippen LogP contribution in [0.25, 0.3) is 11.3 Å². The molecule has 0 atom stereocenters. The lowest BCUT2D eigenvalue weighted by Crippen LogP contribution is -2.10. The van der Waals surface area contributed by atoms with E-state index < -0.39 is 17.8 Å². The number of halogens is 3. The summed E-state index contributed by atoms with van der Waals surface area (Å²) in [4.78, 5) is 17.9. The maximum Gasteiger partial charge on any atom is 0.433 e. The van der Waals surface area contributed by atoms with Gasteiger partial charge in [0.1, 0.15) is 11.4 Å². The van der Waals surface area contributed by atoms with Gasteiger partial charge in [-0.25, -0.2) is 9.97 Å². The minimum atomic E-state index is -4.56. The summed E-state index contributed by atoms with van der Waals surface area (Å²) < 4.78 is 39.8. The first-order valence-corrected chi connectivity index (χ1v) is 8.12. The van der Waals surface area contributed by atoms with E-state index in [0.29, 0.717) is 16.9 Å². The van der Waals surface area contributed by atoms with E-state index in [1.165, 1.54) is 4.68 Å². The molecule has 0 fully saturated rings. The van der Waals surface area contributed by atoms with Crippen molar-refractivity contribution in [2.45, 2.75) is 26.1 Å². The van der Waals surface area contributed by atoms with Crippen LogP contribution in [0.5, 0.6) is 0 Å². The highest BCUT2D eigenvalue weighted by Gasteiger charge is 2.32. The third-order valence-electron chi connectivity index (χ3n) is 3.67. The Morgan fingerprint density at radius 1 is 1.29 bits per heavy atom. The summed E-state index contributed by atoms with van der Waals surface area (Å²) in [6.07, 6.45) is -2.02. The topological polar surface area (TPSA) is 106 Å². The number of hydrogen-bond donors (Lipinski definition) is 2. The fourth-order valence-electron chi connectivity index (χ4n) is 2.46. The quantitative estimate of drug-likeness (QED) is 0.663. The molecule has 2 heterocycles. The smallest absolute Gasteiger partial charge is 0.433 e. The summed E-state index contributed by atoms with van der Waals surface area (Å²) in [5.74, 6) is -1.13. The zero-order valence-corrected chi connectivity index (χ0v) is 14.6. The minimum absolute atomic E-state index is 0.0870. The number of aromatic nitrogens is 5. The van der Waals surface area contributed by atoms with Gasteiger partial charge in [-0.1, -0.05) is 5.21 Å². The standard InChI is InChI=1S/C17H15F3N6O2/c1-10-6-11(13-9-26(25-24-13)5-3-15(27)28)8-12(7-10)22-16-21-4-2-14(23-16)17(18,19)20/h2,4,6-9H,3,5H2,1H3,(H,27,28)(H,21,22,23). The molecular weight excluding hydrogens is 377 g/mol. The molecular formula is C17H15F3N6O2. The minimum Gasteiger partial charge on any atom is -0.481 e. The van der Waals surface area contributed by atoms with Crippen LogP contribution < -0.4 is 5.32 Å². The molecule has 0 spiro atoms. The van der Waals surface area contributed by atoms with E-state index in [-0.39, 0.29) is 18.9 Å². The van der Waals surface area contributed by atoms with Gasteiger partial charge in [0, 0.05) is 17.4 Å². The molecule has 2 aromatic heterocycles. The number of aryl methyl sites for hydroxylation is 2. The van der Waals surface area contributed by atoms with E-state index in [0.717, 1.165) is 17.8 Å². The number of aliphatic carboxylic acids is 1. The fraction of sp³-hybridized carbons (Fsp3) is 0.235. The molecule has 0 saturated carbocycles. The number of carbonyl (C=O) groups is 1. The average Bonchev–Trinajstić information content (AvgIpc) is 3.08. The van der Waals surface area contributed by atoms with Crippen LogP contribution in [0.4, 0.5) is 24.8 Å². The van der Waals surface area contributed by atoms with Crippen LogP contribution >= 0.6 is 0 Å². The number of rotatable bonds is 6. The molecule has 1 aromatic carbocycles. The van der Waals surface area contributed by atoms with Crippen molar-refractivity contribution in [1.82, 2.24) is 25.0 Å². The van der Waals surface area contributed by atoms with Crippen molar-refractivity contribution in [3.63, 3.8) is 0 Å². The molecule has 8 nitrogen and oxygen atoms in total. The van der Waals surface area contributed by atoms with Gasteiger partial charge in [-0.05, 0) is 36.8 Å². The van der Waals surface area contributed by atoms with Crippen LogP contribution in [0, 0.1) is 6.92 Å². The lowest BCUT2D eigenvalue weighted by atomic mass is 10.1. The molecule has 146 valence electrons. The molecule has 0 unspecified atom stereocenters. The fourth-order valence-corrected chi connectivity index (χ4v) is 2.46. The Hall–Kier alpha value is -3.50. The number of carboxylic acids is 1. The van der Waals surface area contributed by atoms with Gasteiger partial charge < -0.3 is 10.4 Å². The number of hydrogen-bond acceptors (Lipinski definition) is 6. The number of anilines is 2. The van der Waals surface area contributed by atoms with E-state index in [4.69, 9.17) is 5.11 Å². The number of carboxylic acid groups (broad SMARTS) is 1. The summed E-state index contributed by atoms with van der Waals surface area (Å²) in [5.41, 5.74) is 1.43. The molecule has 0 saturated heterocycles. The number of nitrogens with one attached hydrogen (secondary N) is 1. The van der Waals surface area contributed by atoms with Gasteiger partial charge in [0.25, 0.3) is 0 Å². The molecule has 0 bridgehead atoms. The summed E-state index contributed by atoms with van der Waals surface area (Å²) in [5, 5.41) is 19.4. The summed E-state index contributed by atoms with van der Waals surface area (Å²) in [6, 6.07) is 6.01. The largest absolute Gasteiger partial charge is 0.481 e. The molecule has 3 aromatic rings. The number of alkyl halides is 3. The van der Waals surface area contributed by atoms with E-state index in [9.17, 15) is 18.0 Å². The van der Waals surface area contributed by atoms with E-state index in [1.807, 2.05) is 13.0 Å². The van der Waals surface area contributed by atoms with Crippen molar-refractivity contribution in [1.29, 1.82) is 0 Å². The predicted octanol–water partition coefficient (Wildman–Crippen LogP) is 3.28. The highest BCUT2D eigenvalue weighted by Crippen LogP contribution is 2.29. The van der Waals surface area contributed by atoms with Crippen molar-refractivity contribution in [3.05, 3.63) is 47.9 Å². The second kappa shape index (κ2) is 7.62. The van der Waals surface area contributed by atoms with Gasteiger partial charge in [-0.3, -0.25) is 9.48 Å². The Kier molecular flexibility index (Phi) is 5.25. The molecule has 0 radical (unpaired) electrons. The second-order valence-corrected chi connectivity index (χ2v) is 5.99. The van der Waals surface area contributed by atoms with Crippen LogP contribution in [0.3, 0.4) is 0 Å². The van der Waals surface area contributed by atoms with Crippen molar-refractivity contribution < 1.29 is 23.1 Å². The Morgan fingerprint density at radius 3 is 2.79 bits per heavy atom. The lowest BCUT2D eigenvalue weighted by molar-refractivity contribution is -0.141. The van der Waals surface area contributed by atoms with Crippen LogP contribution in [-0.4, -0.2) is 36.0 Å². The van der Waals surface area contributed by atoms with Gasteiger partial charge in [-0.2, -0.15) is 13.2 Å². The summed E-state index contributed by atoms with van der Waals surface area (Å²) >= 11 is 0. The first kappa shape index (κ1) is 19.3. The van der Waals surface area contributed by atoms with Gasteiger partial charge >= 0.3 is 12.1 Å². The van der Waals surface area contributed by atoms with Gasteiger partial charge in [-0.15, -0.1) is 5.10 Å². The molecule has 3 rings (SSSR count). The molecule has 11 heteroatoms. The van der Waals surface area contributed by atoms with Gasteiger partial charge in [0.2, 0.25) is 5.95 Å². The Labute approximate surface area is 157 Å². The maximum atomic E-state index is 12.8. The molecule has 0 amide bonds. The molecule has 0 aliphatic carbocycles. The van der Waals surface area contributed by atoms with E-state index >= 15 is 0 Å². The molecule has 0 aliphatic heterocycles. The average molecular weight is 392 g/mol. The first-order chi connectivity index (χ1) is 13.2. The van der Waals surface area contributed by atoms with E-state index in [1.54, 1.807) is 18.3 Å². The van der Waals surface area contributed by atoms with Crippen LogP contribution in [-0.2, 0) is 17.5 Å². The van der Waals surface area contributed by atoms with Crippen LogP contribution in [0.2, 0.25) is 0 Å². The zero-order valence-electron chi connectivity index (χ0n) is 14.6. The Morgan fingerprint density at radius 2 is 2.07 bits per heavy atom. The van der Waals surface area contributed by atoms with E-state index in [2.05, 4.69) is 25.6 Å². The Bertz CT molecular complexity index is 1000. The highest BCUT2D eigenvalue weighted by atomic mass is 19.4. The zero-order chi connectivity index (χ0) is 20.3. The SMILES string of the molecule is Cc1cc(Nc2nccc(C(F)(F)F)n2)cc(-c2cn(CCC(=O)O)nn2)c1. The van der Waals surface area contributed by atoms with Crippen molar-refractivity contribution >= 4 is 17.6 Å². The monoisotopic (exact) mass is 392 g/mol. The summed E-state index contributed by atoms with van der Waals surface area (Å²) in [7, 11) is 0. The lowest BCUT2D eigenvalue weighted by Gasteiger charge is -2.10. The van der Waals surface area contributed by atoms with Gasteiger partial charge in [0.05, 0.1) is 19.2 Å². The molecule has 2 N–H and O–H groups in total. The second-order valence-electron chi connectivity index (χ2n) is 5.99. The predicted molar refractivity (Wildman–Crippen MR) is 92.8 cm³/mol. The van der Waals surface area contributed by atoms with Crippen LogP contribution in [0.15, 0.2) is 36.7 Å². The highest BCUT2D eigenvalue weighted by molar-refractivity contribution is 5.68.